The van der Waals surface area contributed by atoms with Gasteiger partial charge in [-0.1, -0.05) is 42.8 Å². The van der Waals surface area contributed by atoms with E-state index in [0.29, 0.717) is 50.5 Å². The van der Waals surface area contributed by atoms with Crippen molar-refractivity contribution < 1.29 is 19.1 Å². The summed E-state index contributed by atoms with van der Waals surface area (Å²) in [6, 6.07) is 13.4. The van der Waals surface area contributed by atoms with Crippen LogP contribution in [-0.4, -0.2) is 41.5 Å². The largest absolute Gasteiger partial charge is 0.490 e. The van der Waals surface area contributed by atoms with Gasteiger partial charge in [-0.25, -0.2) is 0 Å². The molecule has 0 heterocycles. The molecule has 0 fully saturated rings. The molecule has 6 nitrogen and oxygen atoms in total. The monoisotopic (exact) mass is 482 g/mol. The second-order valence-electron chi connectivity index (χ2n) is 9.82. The van der Waals surface area contributed by atoms with Crippen LogP contribution in [0.15, 0.2) is 42.5 Å². The number of ether oxygens (including phenoxy) is 2. The zero-order chi connectivity index (χ0) is 26.0. The Hall–Kier alpha value is -3.02. The fraction of sp³-hybridized carbons (Fsp3) is 0.517. The predicted molar refractivity (Wildman–Crippen MR) is 141 cm³/mol. The van der Waals surface area contributed by atoms with Crippen LogP contribution in [-0.2, 0) is 22.6 Å². The van der Waals surface area contributed by atoms with Crippen LogP contribution in [0.3, 0.4) is 0 Å². The predicted octanol–water partition coefficient (Wildman–Crippen LogP) is 5.45. The van der Waals surface area contributed by atoms with E-state index in [-0.39, 0.29) is 17.4 Å². The molecule has 0 radical (unpaired) electrons. The number of amides is 2. The molecule has 35 heavy (non-hydrogen) atoms. The summed E-state index contributed by atoms with van der Waals surface area (Å²) in [5, 5.41) is 3.05. The van der Waals surface area contributed by atoms with Gasteiger partial charge in [0.2, 0.25) is 11.8 Å². The highest BCUT2D eigenvalue weighted by Gasteiger charge is 2.30. The standard InChI is InChI=1S/C29H42N2O4/c1-8-24(28(33)30-29(5,6)7)31(20-23-13-11-21(4)12-14-23)27(32)18-16-22-15-17-25(34-9-2)26(19-22)35-10-3/h11-15,17,19,24H,8-10,16,18,20H2,1-7H3,(H,30,33)/t24-/m0/s1. The van der Waals surface area contributed by atoms with Crippen LogP contribution in [0, 0.1) is 6.92 Å². The maximum Gasteiger partial charge on any atom is 0.243 e. The van der Waals surface area contributed by atoms with Crippen molar-refractivity contribution in [3.8, 4) is 11.5 Å². The van der Waals surface area contributed by atoms with Crippen molar-refractivity contribution in [1.82, 2.24) is 10.2 Å². The van der Waals surface area contributed by atoms with Crippen LogP contribution in [0.4, 0.5) is 0 Å². The van der Waals surface area contributed by atoms with Gasteiger partial charge >= 0.3 is 0 Å². The Balaban J connectivity index is 2.24. The third kappa shape index (κ3) is 8.93. The second-order valence-corrected chi connectivity index (χ2v) is 9.82. The molecule has 1 atom stereocenters. The minimum absolute atomic E-state index is 0.0478. The summed E-state index contributed by atoms with van der Waals surface area (Å²) in [5.74, 6) is 1.22. The first-order chi connectivity index (χ1) is 16.6. The molecular formula is C29H42N2O4. The van der Waals surface area contributed by atoms with Crippen LogP contribution in [0.1, 0.15) is 71.1 Å². The lowest BCUT2D eigenvalue weighted by Crippen LogP contribution is -2.53. The van der Waals surface area contributed by atoms with Gasteiger partial charge in [0.05, 0.1) is 13.2 Å². The first-order valence-electron chi connectivity index (χ1n) is 12.6. The van der Waals surface area contributed by atoms with E-state index >= 15 is 0 Å². The maximum absolute atomic E-state index is 13.5. The van der Waals surface area contributed by atoms with E-state index in [4.69, 9.17) is 9.47 Å². The number of carbonyl (C=O) groups excluding carboxylic acids is 2. The molecule has 0 aromatic heterocycles. The second kappa shape index (κ2) is 13.2. The average molecular weight is 483 g/mol. The lowest BCUT2D eigenvalue weighted by Gasteiger charge is -2.33. The number of carbonyl (C=O) groups is 2. The van der Waals surface area contributed by atoms with Crippen molar-refractivity contribution in [1.29, 1.82) is 0 Å². The highest BCUT2D eigenvalue weighted by Crippen LogP contribution is 2.29. The van der Waals surface area contributed by atoms with Gasteiger partial charge in [0.1, 0.15) is 6.04 Å². The number of nitrogens with zero attached hydrogens (tertiary/aromatic N) is 1. The van der Waals surface area contributed by atoms with Gasteiger partial charge in [-0.05, 0) is 77.6 Å². The van der Waals surface area contributed by atoms with Crippen LogP contribution in [0.25, 0.3) is 0 Å². The van der Waals surface area contributed by atoms with Crippen molar-refractivity contribution in [2.75, 3.05) is 13.2 Å². The van der Waals surface area contributed by atoms with Crippen molar-refractivity contribution in [3.63, 3.8) is 0 Å². The van der Waals surface area contributed by atoms with E-state index in [1.54, 1.807) is 4.90 Å². The van der Waals surface area contributed by atoms with Gasteiger partial charge in [0, 0.05) is 18.5 Å². The van der Waals surface area contributed by atoms with Gasteiger partial charge in [0.15, 0.2) is 11.5 Å². The molecule has 2 amide bonds. The molecule has 1 N–H and O–H groups in total. The van der Waals surface area contributed by atoms with Crippen molar-refractivity contribution >= 4 is 11.8 Å². The SMILES string of the molecule is CCOc1ccc(CCC(=O)N(Cc2ccc(C)cc2)[C@@H](CC)C(=O)NC(C)(C)C)cc1OCC. The molecule has 0 aliphatic heterocycles. The highest BCUT2D eigenvalue weighted by molar-refractivity contribution is 5.88. The van der Waals surface area contributed by atoms with Gasteiger partial charge in [-0.2, -0.15) is 0 Å². The lowest BCUT2D eigenvalue weighted by molar-refractivity contribution is -0.142. The molecule has 2 aromatic rings. The number of benzene rings is 2. The van der Waals surface area contributed by atoms with Gasteiger partial charge in [-0.15, -0.1) is 0 Å². The summed E-state index contributed by atoms with van der Waals surface area (Å²) in [4.78, 5) is 28.4. The third-order valence-electron chi connectivity index (χ3n) is 5.59. The fourth-order valence-electron chi connectivity index (χ4n) is 3.91. The first kappa shape index (κ1) is 28.2. The topological polar surface area (TPSA) is 67.9 Å². The molecular weight excluding hydrogens is 440 g/mol. The van der Waals surface area contributed by atoms with E-state index in [2.05, 4.69) is 5.32 Å². The van der Waals surface area contributed by atoms with Crippen molar-refractivity contribution in [2.24, 2.45) is 0 Å². The maximum atomic E-state index is 13.5. The molecule has 2 rings (SSSR count). The summed E-state index contributed by atoms with van der Waals surface area (Å²) < 4.78 is 11.4. The van der Waals surface area contributed by atoms with Crippen LogP contribution < -0.4 is 14.8 Å². The Morgan fingerprint density at radius 3 is 2.09 bits per heavy atom. The normalized spacial score (nSPS) is 12.1. The van der Waals surface area contributed by atoms with E-state index in [0.717, 1.165) is 16.7 Å². The summed E-state index contributed by atoms with van der Waals surface area (Å²) in [5.41, 5.74) is 2.78. The number of hydrogen-bond donors (Lipinski definition) is 1. The molecule has 6 heteroatoms. The van der Waals surface area contributed by atoms with E-state index < -0.39 is 6.04 Å². The first-order valence-corrected chi connectivity index (χ1v) is 12.6. The minimum atomic E-state index is -0.539. The summed E-state index contributed by atoms with van der Waals surface area (Å²) >= 11 is 0. The zero-order valence-corrected chi connectivity index (χ0v) is 22.4. The van der Waals surface area contributed by atoms with E-state index in [1.165, 1.54) is 0 Å². The fourth-order valence-corrected chi connectivity index (χ4v) is 3.91. The van der Waals surface area contributed by atoms with Crippen molar-refractivity contribution in [2.45, 2.75) is 85.9 Å². The van der Waals surface area contributed by atoms with Gasteiger partial charge < -0.3 is 19.7 Å². The van der Waals surface area contributed by atoms with Crippen LogP contribution >= 0.6 is 0 Å². The number of rotatable bonds is 12. The Kier molecular flexibility index (Phi) is 10.6. The summed E-state index contributed by atoms with van der Waals surface area (Å²) in [7, 11) is 0. The number of aryl methyl sites for hydroxylation is 2. The van der Waals surface area contributed by atoms with Crippen molar-refractivity contribution in [3.05, 3.63) is 59.2 Å². The average Bonchev–Trinajstić information content (AvgIpc) is 2.79. The molecule has 0 saturated carbocycles. The highest BCUT2D eigenvalue weighted by atomic mass is 16.5. The molecule has 0 aliphatic carbocycles. The minimum Gasteiger partial charge on any atom is -0.490 e. The lowest BCUT2D eigenvalue weighted by atomic mass is 10.0. The van der Waals surface area contributed by atoms with E-state index in [9.17, 15) is 9.59 Å². The molecule has 0 saturated heterocycles. The molecule has 2 aromatic carbocycles. The molecule has 0 spiro atoms. The Labute approximate surface area is 211 Å². The van der Waals surface area contributed by atoms with Crippen LogP contribution in [0.2, 0.25) is 0 Å². The molecule has 0 unspecified atom stereocenters. The van der Waals surface area contributed by atoms with Gasteiger partial charge in [-0.3, -0.25) is 9.59 Å². The van der Waals surface area contributed by atoms with E-state index in [1.807, 2.05) is 90.9 Å². The summed E-state index contributed by atoms with van der Waals surface area (Å²) in [6.45, 7) is 15.2. The zero-order valence-electron chi connectivity index (χ0n) is 22.4. The quantitative estimate of drug-likeness (QED) is 0.437. The molecule has 192 valence electrons. The molecule has 0 bridgehead atoms. The Morgan fingerprint density at radius 1 is 0.914 bits per heavy atom. The van der Waals surface area contributed by atoms with Gasteiger partial charge in [0.25, 0.3) is 0 Å². The Morgan fingerprint density at radius 2 is 1.51 bits per heavy atom. The smallest absolute Gasteiger partial charge is 0.243 e. The van der Waals surface area contributed by atoms with Crippen LogP contribution in [0.5, 0.6) is 11.5 Å². The third-order valence-corrected chi connectivity index (χ3v) is 5.59. The number of nitrogens with one attached hydrogen (secondary N) is 1. The summed E-state index contributed by atoms with van der Waals surface area (Å²) in [6.07, 6.45) is 1.38. The Bertz CT molecular complexity index is 964. The molecule has 0 aliphatic rings. The number of hydrogen-bond acceptors (Lipinski definition) is 4.